The predicted octanol–water partition coefficient (Wildman–Crippen LogP) is 2.80. The predicted molar refractivity (Wildman–Crippen MR) is 67.5 cm³/mol. The second kappa shape index (κ2) is 4.30. The molecule has 2 fully saturated rings. The third-order valence-electron chi connectivity index (χ3n) is 5.05. The Morgan fingerprint density at radius 3 is 2.00 bits per heavy atom. The zero-order valence-corrected chi connectivity index (χ0v) is 11.1. The zero-order chi connectivity index (χ0) is 11.8. The minimum absolute atomic E-state index is 0.0441. The molecule has 1 spiro atoms. The first-order chi connectivity index (χ1) is 7.46. The third-order valence-corrected chi connectivity index (χ3v) is 5.05. The molecule has 1 aliphatic heterocycles. The van der Waals surface area contributed by atoms with Crippen molar-refractivity contribution in [3.63, 3.8) is 0 Å². The van der Waals surface area contributed by atoms with E-state index in [-0.39, 0.29) is 11.6 Å². The van der Waals surface area contributed by atoms with E-state index in [0.29, 0.717) is 5.41 Å². The van der Waals surface area contributed by atoms with E-state index in [2.05, 4.69) is 18.7 Å². The van der Waals surface area contributed by atoms with E-state index in [1.165, 1.54) is 51.6 Å². The molecule has 0 radical (unpaired) electrons. The molecule has 1 N–H and O–H groups in total. The van der Waals surface area contributed by atoms with E-state index in [4.69, 9.17) is 0 Å². The number of aliphatic hydroxyl groups excluding tert-OH is 1. The van der Waals surface area contributed by atoms with E-state index >= 15 is 0 Å². The van der Waals surface area contributed by atoms with Crippen LogP contribution in [0.4, 0.5) is 0 Å². The van der Waals surface area contributed by atoms with Gasteiger partial charge in [-0.25, -0.2) is 0 Å². The molecule has 16 heavy (non-hydrogen) atoms. The molecule has 1 atom stereocenters. The van der Waals surface area contributed by atoms with Gasteiger partial charge in [0.25, 0.3) is 0 Å². The van der Waals surface area contributed by atoms with Crippen LogP contribution in [0.25, 0.3) is 0 Å². The molecule has 1 aliphatic carbocycles. The summed E-state index contributed by atoms with van der Waals surface area (Å²) in [7, 11) is 0. The van der Waals surface area contributed by atoms with Gasteiger partial charge in [0.1, 0.15) is 0 Å². The summed E-state index contributed by atoms with van der Waals surface area (Å²) < 4.78 is 0. The summed E-state index contributed by atoms with van der Waals surface area (Å²) in [6.07, 6.45) is 8.30. The van der Waals surface area contributed by atoms with Crippen molar-refractivity contribution < 1.29 is 5.11 Å². The maximum atomic E-state index is 9.82. The molecule has 2 nitrogen and oxygen atoms in total. The van der Waals surface area contributed by atoms with Gasteiger partial charge < -0.3 is 5.11 Å². The summed E-state index contributed by atoms with van der Waals surface area (Å²) in [5.41, 5.74) is 0.570. The van der Waals surface area contributed by atoms with Gasteiger partial charge in [0, 0.05) is 18.6 Å². The Hall–Kier alpha value is -0.0800. The molecule has 1 saturated heterocycles. The fraction of sp³-hybridized carbons (Fsp3) is 1.00. The van der Waals surface area contributed by atoms with Gasteiger partial charge in [0.2, 0.25) is 0 Å². The molecular formula is C14H27NO. The van der Waals surface area contributed by atoms with Crippen molar-refractivity contribution in [2.45, 2.75) is 70.9 Å². The molecule has 0 amide bonds. The molecule has 1 unspecified atom stereocenters. The maximum absolute atomic E-state index is 9.82. The Kier molecular flexibility index (Phi) is 3.33. The molecule has 0 aromatic heterocycles. The smallest absolute Gasteiger partial charge is 0.0690 e. The van der Waals surface area contributed by atoms with E-state index < -0.39 is 0 Å². The SMILES string of the molecule is CC(O)C(C)(C)N1CC2(CCCCCC2)C1. The van der Waals surface area contributed by atoms with Gasteiger partial charge in [-0.15, -0.1) is 0 Å². The fourth-order valence-corrected chi connectivity index (χ4v) is 3.23. The number of rotatable bonds is 2. The highest BCUT2D eigenvalue weighted by atomic mass is 16.3. The average Bonchev–Trinajstić information content (AvgIpc) is 2.39. The first kappa shape index (κ1) is 12.4. The Morgan fingerprint density at radius 1 is 1.06 bits per heavy atom. The second-order valence-electron chi connectivity index (χ2n) is 6.60. The van der Waals surface area contributed by atoms with Gasteiger partial charge in [-0.1, -0.05) is 25.7 Å². The van der Waals surface area contributed by atoms with E-state index in [9.17, 15) is 5.11 Å². The lowest BCUT2D eigenvalue weighted by molar-refractivity contribution is -0.112. The summed E-state index contributed by atoms with van der Waals surface area (Å²) >= 11 is 0. The van der Waals surface area contributed by atoms with Crippen LogP contribution in [-0.2, 0) is 0 Å². The number of hydrogen-bond acceptors (Lipinski definition) is 2. The van der Waals surface area contributed by atoms with Gasteiger partial charge in [0.05, 0.1) is 6.10 Å². The summed E-state index contributed by atoms with van der Waals surface area (Å²) in [4.78, 5) is 2.48. The third kappa shape index (κ3) is 2.14. The molecule has 1 heterocycles. The molecule has 0 aromatic carbocycles. The van der Waals surface area contributed by atoms with Gasteiger partial charge in [0.15, 0.2) is 0 Å². The van der Waals surface area contributed by atoms with Crippen molar-refractivity contribution in [2.24, 2.45) is 5.41 Å². The Bertz CT molecular complexity index is 231. The van der Waals surface area contributed by atoms with Gasteiger partial charge >= 0.3 is 0 Å². The number of hydrogen-bond donors (Lipinski definition) is 1. The van der Waals surface area contributed by atoms with Crippen molar-refractivity contribution in [3.8, 4) is 0 Å². The quantitative estimate of drug-likeness (QED) is 0.781. The van der Waals surface area contributed by atoms with Crippen molar-refractivity contribution in [1.29, 1.82) is 0 Å². The average molecular weight is 225 g/mol. The molecule has 94 valence electrons. The largest absolute Gasteiger partial charge is 0.392 e. The van der Waals surface area contributed by atoms with Crippen LogP contribution in [0.1, 0.15) is 59.3 Å². The van der Waals surface area contributed by atoms with Gasteiger partial charge in [-0.05, 0) is 39.0 Å². The van der Waals surface area contributed by atoms with Gasteiger partial charge in [-0.3, -0.25) is 4.90 Å². The van der Waals surface area contributed by atoms with E-state index in [1.807, 2.05) is 6.92 Å². The first-order valence-electron chi connectivity index (χ1n) is 6.89. The highest BCUT2D eigenvalue weighted by molar-refractivity contribution is 5.02. The lowest BCUT2D eigenvalue weighted by atomic mass is 9.71. The van der Waals surface area contributed by atoms with Crippen molar-refractivity contribution in [1.82, 2.24) is 4.90 Å². The topological polar surface area (TPSA) is 23.5 Å². The van der Waals surface area contributed by atoms with Crippen LogP contribution in [0.3, 0.4) is 0 Å². The number of nitrogens with zero attached hydrogens (tertiary/aromatic N) is 1. The molecule has 1 saturated carbocycles. The van der Waals surface area contributed by atoms with Crippen LogP contribution >= 0.6 is 0 Å². The molecule has 0 aromatic rings. The Balaban J connectivity index is 1.92. The lowest BCUT2D eigenvalue weighted by Crippen LogP contribution is -2.66. The van der Waals surface area contributed by atoms with Crippen LogP contribution < -0.4 is 0 Å². The Morgan fingerprint density at radius 2 is 1.56 bits per heavy atom. The fourth-order valence-electron chi connectivity index (χ4n) is 3.23. The minimum atomic E-state index is -0.240. The monoisotopic (exact) mass is 225 g/mol. The highest BCUT2D eigenvalue weighted by Crippen LogP contribution is 2.45. The standard InChI is InChI=1S/C14H27NO/c1-12(16)13(2,3)15-10-14(11-15)8-6-4-5-7-9-14/h12,16H,4-11H2,1-3H3. The van der Waals surface area contributed by atoms with Crippen LogP contribution in [0.2, 0.25) is 0 Å². The van der Waals surface area contributed by atoms with Crippen LogP contribution in [0.15, 0.2) is 0 Å². The lowest BCUT2D eigenvalue weighted by Gasteiger charge is -2.57. The van der Waals surface area contributed by atoms with Crippen molar-refractivity contribution in [2.75, 3.05) is 13.1 Å². The maximum Gasteiger partial charge on any atom is 0.0690 e. The first-order valence-corrected chi connectivity index (χ1v) is 6.89. The number of aliphatic hydroxyl groups is 1. The van der Waals surface area contributed by atoms with Crippen LogP contribution in [0.5, 0.6) is 0 Å². The molecular weight excluding hydrogens is 198 g/mol. The summed E-state index contributed by atoms with van der Waals surface area (Å²) in [6, 6.07) is 0. The summed E-state index contributed by atoms with van der Waals surface area (Å²) in [6.45, 7) is 8.68. The van der Waals surface area contributed by atoms with Crippen molar-refractivity contribution >= 4 is 0 Å². The highest BCUT2D eigenvalue weighted by Gasteiger charge is 2.48. The Labute approximate surface area is 100 Å². The van der Waals surface area contributed by atoms with Crippen molar-refractivity contribution in [3.05, 3.63) is 0 Å². The summed E-state index contributed by atoms with van der Waals surface area (Å²) in [5, 5.41) is 9.82. The molecule has 2 rings (SSSR count). The van der Waals surface area contributed by atoms with Crippen LogP contribution in [-0.4, -0.2) is 34.7 Å². The molecule has 0 bridgehead atoms. The van der Waals surface area contributed by atoms with Crippen LogP contribution in [0, 0.1) is 5.41 Å². The molecule has 2 aliphatic rings. The molecule has 2 heteroatoms. The van der Waals surface area contributed by atoms with E-state index in [0.717, 1.165) is 0 Å². The summed E-state index contributed by atoms with van der Waals surface area (Å²) in [5.74, 6) is 0. The minimum Gasteiger partial charge on any atom is -0.392 e. The van der Waals surface area contributed by atoms with E-state index in [1.54, 1.807) is 0 Å². The number of likely N-dealkylation sites (tertiary alicyclic amines) is 1. The zero-order valence-electron chi connectivity index (χ0n) is 11.1. The van der Waals surface area contributed by atoms with Gasteiger partial charge in [-0.2, -0.15) is 0 Å². The second-order valence-corrected chi connectivity index (χ2v) is 6.60. The normalized spacial score (nSPS) is 28.5.